The van der Waals surface area contributed by atoms with E-state index in [1.165, 1.54) is 17.0 Å². The Kier molecular flexibility index (Phi) is 3.75. The average Bonchev–Trinajstić information content (AvgIpc) is 2.98. The summed E-state index contributed by atoms with van der Waals surface area (Å²) in [7, 11) is 1.81. The number of halogens is 1. The maximum absolute atomic E-state index is 13.2. The van der Waals surface area contributed by atoms with Gasteiger partial charge in [-0.05, 0) is 29.7 Å². The molecule has 2 aromatic rings. The van der Waals surface area contributed by atoms with E-state index in [1.807, 2.05) is 6.20 Å². The molecule has 0 bridgehead atoms. The second-order valence-electron chi connectivity index (χ2n) is 5.58. The standard InChI is InChI=1S/C16H16FN3O2/c1-19-9-12(8-18-19)5-13-7-15(21)20(16(13)22)10-11-3-2-4-14(17)6-11/h2-4,6,8-9,13H,5,7,10H2,1H3/t13-/m0/s1. The van der Waals surface area contributed by atoms with Crippen molar-refractivity contribution < 1.29 is 14.0 Å². The van der Waals surface area contributed by atoms with Crippen molar-refractivity contribution in [3.05, 3.63) is 53.6 Å². The lowest BCUT2D eigenvalue weighted by Crippen LogP contribution is -2.30. The van der Waals surface area contributed by atoms with Crippen LogP contribution in [-0.2, 0) is 29.6 Å². The molecule has 1 atom stereocenters. The maximum Gasteiger partial charge on any atom is 0.233 e. The minimum Gasteiger partial charge on any atom is -0.278 e. The Morgan fingerprint density at radius 2 is 2.14 bits per heavy atom. The Hall–Kier alpha value is -2.50. The van der Waals surface area contributed by atoms with Crippen molar-refractivity contribution in [3.8, 4) is 0 Å². The maximum atomic E-state index is 13.2. The molecule has 1 aliphatic heterocycles. The molecule has 1 aliphatic rings. The molecule has 114 valence electrons. The van der Waals surface area contributed by atoms with Crippen molar-refractivity contribution >= 4 is 11.8 Å². The second kappa shape index (κ2) is 5.71. The first kappa shape index (κ1) is 14.4. The van der Waals surface area contributed by atoms with Crippen LogP contribution in [-0.4, -0.2) is 26.5 Å². The SMILES string of the molecule is Cn1cc(C[C@H]2CC(=O)N(Cc3cccc(F)c3)C2=O)cn1. The Balaban J connectivity index is 1.71. The fourth-order valence-electron chi connectivity index (χ4n) is 2.76. The molecule has 3 rings (SSSR count). The van der Waals surface area contributed by atoms with Crippen LogP contribution in [0.3, 0.4) is 0 Å². The fourth-order valence-corrected chi connectivity index (χ4v) is 2.76. The first-order chi connectivity index (χ1) is 10.5. The number of hydrogen-bond acceptors (Lipinski definition) is 3. The minimum atomic E-state index is -0.372. The second-order valence-corrected chi connectivity index (χ2v) is 5.58. The minimum absolute atomic E-state index is 0.124. The van der Waals surface area contributed by atoms with Crippen molar-refractivity contribution in [1.29, 1.82) is 0 Å². The molecule has 0 unspecified atom stereocenters. The van der Waals surface area contributed by atoms with Gasteiger partial charge in [-0.3, -0.25) is 19.2 Å². The number of rotatable bonds is 4. The lowest BCUT2D eigenvalue weighted by atomic mass is 10.0. The largest absolute Gasteiger partial charge is 0.278 e. The van der Waals surface area contributed by atoms with Gasteiger partial charge in [-0.2, -0.15) is 5.10 Å². The third kappa shape index (κ3) is 2.90. The number of imide groups is 1. The van der Waals surface area contributed by atoms with E-state index in [4.69, 9.17) is 0 Å². The van der Waals surface area contributed by atoms with Crippen LogP contribution < -0.4 is 0 Å². The zero-order valence-electron chi connectivity index (χ0n) is 12.2. The quantitative estimate of drug-likeness (QED) is 0.807. The van der Waals surface area contributed by atoms with Crippen LogP contribution in [0.15, 0.2) is 36.7 Å². The number of carbonyl (C=O) groups is 2. The molecule has 0 radical (unpaired) electrons. The molecule has 1 fully saturated rings. The lowest BCUT2D eigenvalue weighted by Gasteiger charge is -2.15. The monoisotopic (exact) mass is 301 g/mol. The van der Waals surface area contributed by atoms with E-state index >= 15 is 0 Å². The number of hydrogen-bond donors (Lipinski definition) is 0. The third-order valence-electron chi connectivity index (χ3n) is 3.81. The number of aryl methyl sites for hydroxylation is 1. The Morgan fingerprint density at radius 3 is 2.82 bits per heavy atom. The molecule has 1 saturated heterocycles. The first-order valence-corrected chi connectivity index (χ1v) is 7.09. The smallest absolute Gasteiger partial charge is 0.233 e. The molecule has 5 nitrogen and oxygen atoms in total. The van der Waals surface area contributed by atoms with E-state index in [-0.39, 0.29) is 36.5 Å². The third-order valence-corrected chi connectivity index (χ3v) is 3.81. The van der Waals surface area contributed by atoms with Crippen molar-refractivity contribution in [3.63, 3.8) is 0 Å². The van der Waals surface area contributed by atoms with Gasteiger partial charge in [0.25, 0.3) is 0 Å². The van der Waals surface area contributed by atoms with Gasteiger partial charge in [-0.1, -0.05) is 12.1 Å². The highest BCUT2D eigenvalue weighted by Gasteiger charge is 2.38. The van der Waals surface area contributed by atoms with Crippen molar-refractivity contribution in [2.24, 2.45) is 13.0 Å². The Labute approximate surface area is 127 Å². The zero-order valence-corrected chi connectivity index (χ0v) is 12.2. The van der Waals surface area contributed by atoms with Gasteiger partial charge in [0.15, 0.2) is 0 Å². The molecule has 0 spiro atoms. The van der Waals surface area contributed by atoms with E-state index in [2.05, 4.69) is 5.10 Å². The van der Waals surface area contributed by atoms with E-state index < -0.39 is 0 Å². The van der Waals surface area contributed by atoms with Gasteiger partial charge in [0.1, 0.15) is 5.82 Å². The van der Waals surface area contributed by atoms with Crippen molar-refractivity contribution in [2.75, 3.05) is 0 Å². The number of nitrogens with zero attached hydrogens (tertiary/aromatic N) is 3. The molecule has 2 heterocycles. The van der Waals surface area contributed by atoms with Crippen LogP contribution in [0.4, 0.5) is 4.39 Å². The molecule has 1 aromatic carbocycles. The van der Waals surface area contributed by atoms with Gasteiger partial charge in [-0.15, -0.1) is 0 Å². The molecule has 1 aromatic heterocycles. The molecule has 0 aliphatic carbocycles. The molecular formula is C16H16FN3O2. The Morgan fingerprint density at radius 1 is 1.32 bits per heavy atom. The van der Waals surface area contributed by atoms with Crippen LogP contribution in [0.25, 0.3) is 0 Å². The molecule has 2 amide bonds. The van der Waals surface area contributed by atoms with E-state index in [0.717, 1.165) is 5.56 Å². The van der Waals surface area contributed by atoms with Gasteiger partial charge < -0.3 is 0 Å². The van der Waals surface area contributed by atoms with Crippen molar-refractivity contribution in [1.82, 2.24) is 14.7 Å². The molecule has 0 N–H and O–H groups in total. The summed E-state index contributed by atoms with van der Waals surface area (Å²) in [5.41, 5.74) is 1.55. The van der Waals surface area contributed by atoms with Gasteiger partial charge in [0, 0.05) is 19.7 Å². The summed E-state index contributed by atoms with van der Waals surface area (Å²) in [4.78, 5) is 25.7. The summed E-state index contributed by atoms with van der Waals surface area (Å²) in [5.74, 6) is -1.13. The summed E-state index contributed by atoms with van der Waals surface area (Å²) in [6.45, 7) is 0.124. The number of aromatic nitrogens is 2. The first-order valence-electron chi connectivity index (χ1n) is 7.09. The van der Waals surface area contributed by atoms with Gasteiger partial charge in [0.05, 0.1) is 18.7 Å². The average molecular weight is 301 g/mol. The van der Waals surface area contributed by atoms with Gasteiger partial charge in [-0.25, -0.2) is 4.39 Å². The highest BCUT2D eigenvalue weighted by atomic mass is 19.1. The highest BCUT2D eigenvalue weighted by molar-refractivity contribution is 6.03. The molecule has 22 heavy (non-hydrogen) atoms. The van der Waals surface area contributed by atoms with E-state index in [1.54, 1.807) is 30.1 Å². The van der Waals surface area contributed by atoms with Crippen LogP contribution in [0, 0.1) is 11.7 Å². The Bertz CT molecular complexity index is 726. The van der Waals surface area contributed by atoms with Gasteiger partial charge in [0.2, 0.25) is 11.8 Å². The van der Waals surface area contributed by atoms with Gasteiger partial charge >= 0.3 is 0 Å². The zero-order chi connectivity index (χ0) is 15.7. The van der Waals surface area contributed by atoms with E-state index in [9.17, 15) is 14.0 Å². The topological polar surface area (TPSA) is 55.2 Å². The normalized spacial score (nSPS) is 18.3. The van der Waals surface area contributed by atoms with Crippen LogP contribution in [0.2, 0.25) is 0 Å². The fraction of sp³-hybridized carbons (Fsp3) is 0.312. The number of carbonyl (C=O) groups excluding carboxylic acids is 2. The summed E-state index contributed by atoms with van der Waals surface area (Å²) < 4.78 is 14.9. The highest BCUT2D eigenvalue weighted by Crippen LogP contribution is 2.25. The number of likely N-dealkylation sites (tertiary alicyclic amines) is 1. The van der Waals surface area contributed by atoms with E-state index in [0.29, 0.717) is 12.0 Å². The molecule has 6 heteroatoms. The number of benzene rings is 1. The van der Waals surface area contributed by atoms with Crippen LogP contribution in [0.1, 0.15) is 17.5 Å². The number of amides is 2. The molecule has 0 saturated carbocycles. The van der Waals surface area contributed by atoms with Crippen molar-refractivity contribution in [2.45, 2.75) is 19.4 Å². The van der Waals surface area contributed by atoms with Crippen LogP contribution >= 0.6 is 0 Å². The summed E-state index contributed by atoms with van der Waals surface area (Å²) in [5, 5.41) is 4.06. The predicted octanol–water partition coefficient (Wildman–Crippen LogP) is 1.68. The summed E-state index contributed by atoms with van der Waals surface area (Å²) >= 11 is 0. The molecular weight excluding hydrogens is 285 g/mol. The summed E-state index contributed by atoms with van der Waals surface area (Å²) in [6.07, 6.45) is 4.24. The summed E-state index contributed by atoms with van der Waals surface area (Å²) in [6, 6.07) is 5.96. The van der Waals surface area contributed by atoms with Crippen LogP contribution in [0.5, 0.6) is 0 Å². The predicted molar refractivity (Wildman–Crippen MR) is 77.0 cm³/mol. The lowest BCUT2D eigenvalue weighted by molar-refractivity contribution is -0.140.